The lowest BCUT2D eigenvalue weighted by Crippen LogP contribution is -2.72. The molecule has 8 atom stereocenters. The van der Waals surface area contributed by atoms with Gasteiger partial charge in [0, 0.05) is 11.8 Å². The van der Waals surface area contributed by atoms with E-state index in [9.17, 15) is 0 Å². The molecule has 7 aliphatic rings. The predicted molar refractivity (Wildman–Crippen MR) is 159 cm³/mol. The number of hydrogen-bond donors (Lipinski definition) is 0. The molecule has 3 saturated carbocycles. The molecular formula is C32H46O7Si2. The van der Waals surface area contributed by atoms with E-state index in [1.165, 1.54) is 5.57 Å². The largest absolute Gasteiger partial charge is 0.408 e. The molecule has 224 valence electrons. The van der Waals surface area contributed by atoms with Gasteiger partial charge in [0.2, 0.25) is 0 Å². The fourth-order valence-electron chi connectivity index (χ4n) is 10.0. The van der Waals surface area contributed by atoms with Crippen molar-refractivity contribution < 1.29 is 32.6 Å². The Hall–Kier alpha value is -1.18. The molecule has 3 saturated heterocycles. The molecule has 3 heterocycles. The third kappa shape index (κ3) is 3.12. The Labute approximate surface area is 246 Å². The summed E-state index contributed by atoms with van der Waals surface area (Å²) in [6.45, 7) is 21.6. The van der Waals surface area contributed by atoms with Gasteiger partial charge in [-0.2, -0.15) is 0 Å². The zero-order valence-corrected chi connectivity index (χ0v) is 28.3. The maximum Gasteiger partial charge on any atom is 0.196 e. The normalized spacial score (nSPS) is 47.1. The molecule has 8 rings (SSSR count). The van der Waals surface area contributed by atoms with Gasteiger partial charge in [-0.25, -0.2) is 0 Å². The highest BCUT2D eigenvalue weighted by molar-refractivity contribution is 6.70. The Morgan fingerprint density at radius 2 is 1.63 bits per heavy atom. The fourth-order valence-corrected chi connectivity index (χ4v) is 12.6. The van der Waals surface area contributed by atoms with Crippen molar-refractivity contribution in [2.45, 2.75) is 133 Å². The van der Waals surface area contributed by atoms with Gasteiger partial charge in [0.25, 0.3) is 0 Å². The summed E-state index contributed by atoms with van der Waals surface area (Å²) < 4.78 is 43.1. The van der Waals surface area contributed by atoms with E-state index in [0.717, 1.165) is 18.4 Å². The second-order valence-electron chi connectivity index (χ2n) is 16.0. The first-order valence-corrected chi connectivity index (χ1v) is 22.0. The van der Waals surface area contributed by atoms with Gasteiger partial charge in [-0.05, 0) is 84.5 Å². The number of ketones is 1. The zero-order valence-electron chi connectivity index (χ0n) is 26.3. The average molecular weight is 599 g/mol. The Kier molecular flexibility index (Phi) is 5.51. The van der Waals surface area contributed by atoms with E-state index in [4.69, 9.17) is 27.8 Å². The van der Waals surface area contributed by atoms with Crippen LogP contribution >= 0.6 is 0 Å². The van der Waals surface area contributed by atoms with Crippen LogP contribution in [-0.4, -0.2) is 62.5 Å². The highest BCUT2D eigenvalue weighted by Gasteiger charge is 3.07. The number of Topliss-reactive ketones (excluding diaryl/α,β-unsaturated/α-hetero) is 1. The van der Waals surface area contributed by atoms with E-state index in [1.807, 2.05) is 32.0 Å². The first-order chi connectivity index (χ1) is 18.8. The first kappa shape index (κ1) is 28.6. The highest BCUT2D eigenvalue weighted by Crippen LogP contribution is 2.89. The molecular weight excluding hydrogens is 553 g/mol. The predicted octanol–water partition coefficient (Wildman–Crippen LogP) is 6.10. The van der Waals surface area contributed by atoms with Crippen molar-refractivity contribution in [2.75, 3.05) is 0 Å². The zero-order chi connectivity index (χ0) is 29.7. The molecule has 1 aromatic rings. The first-order valence-electron chi connectivity index (χ1n) is 15.2. The quantitative estimate of drug-likeness (QED) is 0.277. The summed E-state index contributed by atoms with van der Waals surface area (Å²) in [5.41, 5.74) is -2.86. The second-order valence-corrected chi connectivity index (χ2v) is 24.9. The monoisotopic (exact) mass is 598 g/mol. The minimum absolute atomic E-state index is 0.0233. The molecule has 6 fully saturated rings. The molecule has 41 heavy (non-hydrogen) atoms. The number of carbonyl (C=O) groups is 1. The minimum atomic E-state index is -2.20. The Morgan fingerprint density at radius 3 is 2.27 bits per heavy atom. The molecule has 2 spiro atoms. The topological polar surface area (TPSA) is 72.5 Å². The molecule has 9 heteroatoms. The van der Waals surface area contributed by atoms with Crippen molar-refractivity contribution in [3.05, 3.63) is 47.5 Å². The van der Waals surface area contributed by atoms with Crippen LogP contribution in [0.15, 0.2) is 42.0 Å². The molecule has 0 aromatic heterocycles. The van der Waals surface area contributed by atoms with Crippen LogP contribution in [0, 0.1) is 11.3 Å². The highest BCUT2D eigenvalue weighted by atomic mass is 28.4. The van der Waals surface area contributed by atoms with Crippen molar-refractivity contribution in [1.29, 1.82) is 0 Å². The SMILES string of the molecule is CC1=C[C@@]23OC4(OCc5ccccc5)C[C@@](C)([C@@]2(O[Si](C)(C)C)CC1)[C@@]12OC(C)(C)O[C@@]31[C@@H]4[C@H](O[Si](C)(C)C)C2=O. The molecule has 3 aliphatic heterocycles. The number of carbonyl (C=O) groups excluding carboxylic acids is 1. The van der Waals surface area contributed by atoms with Gasteiger partial charge in [-0.1, -0.05) is 42.8 Å². The number of benzene rings is 1. The smallest absolute Gasteiger partial charge is 0.196 e. The molecule has 6 bridgehead atoms. The molecule has 1 aromatic carbocycles. The van der Waals surface area contributed by atoms with Crippen molar-refractivity contribution in [3.63, 3.8) is 0 Å². The van der Waals surface area contributed by atoms with Gasteiger partial charge in [0.05, 0.1) is 12.5 Å². The van der Waals surface area contributed by atoms with E-state index in [-0.39, 0.29) is 5.78 Å². The lowest BCUT2D eigenvalue weighted by Gasteiger charge is -2.62. The van der Waals surface area contributed by atoms with Crippen LogP contribution < -0.4 is 0 Å². The van der Waals surface area contributed by atoms with Gasteiger partial charge in [0.1, 0.15) is 11.7 Å². The molecule has 0 amide bonds. The Balaban J connectivity index is 1.53. The van der Waals surface area contributed by atoms with Gasteiger partial charge in [-0.3, -0.25) is 4.79 Å². The summed E-state index contributed by atoms with van der Waals surface area (Å²) in [5.74, 6) is -2.65. The van der Waals surface area contributed by atoms with E-state index < -0.39 is 68.1 Å². The third-order valence-electron chi connectivity index (χ3n) is 10.5. The van der Waals surface area contributed by atoms with Gasteiger partial charge in [-0.15, -0.1) is 0 Å². The molecule has 0 radical (unpaired) electrons. The summed E-state index contributed by atoms with van der Waals surface area (Å²) in [4.78, 5) is 15.2. The average Bonchev–Trinajstić information content (AvgIpc) is 3.30. The Morgan fingerprint density at radius 1 is 0.951 bits per heavy atom. The van der Waals surface area contributed by atoms with Gasteiger partial charge < -0.3 is 27.8 Å². The second kappa shape index (κ2) is 7.90. The van der Waals surface area contributed by atoms with E-state index in [0.29, 0.717) is 13.0 Å². The molecule has 7 nitrogen and oxygen atoms in total. The van der Waals surface area contributed by atoms with Crippen molar-refractivity contribution in [3.8, 4) is 0 Å². The van der Waals surface area contributed by atoms with Crippen molar-refractivity contribution >= 4 is 22.4 Å². The van der Waals surface area contributed by atoms with Crippen molar-refractivity contribution in [1.82, 2.24) is 0 Å². The maximum atomic E-state index is 15.2. The third-order valence-corrected chi connectivity index (χ3v) is 12.4. The van der Waals surface area contributed by atoms with E-state index >= 15 is 4.79 Å². The van der Waals surface area contributed by atoms with Crippen LogP contribution in [0.25, 0.3) is 0 Å². The summed E-state index contributed by atoms with van der Waals surface area (Å²) in [5, 5.41) is 0. The fraction of sp³-hybridized carbons (Fsp3) is 0.719. The molecule has 4 aliphatic carbocycles. The van der Waals surface area contributed by atoms with Crippen LogP contribution in [0.2, 0.25) is 39.3 Å². The molecule has 0 N–H and O–H groups in total. The Bertz CT molecular complexity index is 1350. The number of allylic oxidation sites excluding steroid dienone is 1. The molecule has 1 unspecified atom stereocenters. The number of hydrogen-bond acceptors (Lipinski definition) is 7. The maximum absolute atomic E-state index is 15.2. The van der Waals surface area contributed by atoms with Crippen LogP contribution in [0.5, 0.6) is 0 Å². The van der Waals surface area contributed by atoms with Gasteiger partial charge in [0.15, 0.2) is 50.8 Å². The van der Waals surface area contributed by atoms with Crippen LogP contribution in [0.4, 0.5) is 0 Å². The van der Waals surface area contributed by atoms with Crippen molar-refractivity contribution in [2.24, 2.45) is 11.3 Å². The van der Waals surface area contributed by atoms with Crippen LogP contribution in [-0.2, 0) is 39.2 Å². The van der Waals surface area contributed by atoms with E-state index in [1.54, 1.807) is 0 Å². The summed E-state index contributed by atoms with van der Waals surface area (Å²) in [6, 6.07) is 10.2. The van der Waals surface area contributed by atoms with Crippen LogP contribution in [0.3, 0.4) is 0 Å². The lowest BCUT2D eigenvalue weighted by molar-refractivity contribution is -0.363. The van der Waals surface area contributed by atoms with Crippen LogP contribution in [0.1, 0.15) is 52.5 Å². The summed E-state index contributed by atoms with van der Waals surface area (Å²) in [6.07, 6.45) is 3.56. The number of ether oxygens (including phenoxy) is 4. The van der Waals surface area contributed by atoms with E-state index in [2.05, 4.69) is 71.3 Å². The number of rotatable bonds is 7. The van der Waals surface area contributed by atoms with Gasteiger partial charge >= 0.3 is 0 Å². The summed E-state index contributed by atoms with van der Waals surface area (Å²) >= 11 is 0. The lowest BCUT2D eigenvalue weighted by atomic mass is 9.57. The standard InChI is InChI=1S/C32H46O7Si2/c1-21-16-17-29(39-41(8,9)10)27(4)20-28(34-19-22-14-12-11-13-15-22)24-23(35-40(5,6)7)25(33)32(27)31(24,30(29,18-21)38-28)36-26(2,3)37-32/h11-15,18,23-24H,16-17,19-20H2,1-10H3/t23-,24+,27-,28?,29-,30+,31-,32+/m0/s1. The summed E-state index contributed by atoms with van der Waals surface area (Å²) in [7, 11) is -4.37. The minimum Gasteiger partial charge on any atom is -0.408 e.